The first-order chi connectivity index (χ1) is 18.0. The zero-order chi connectivity index (χ0) is 25.8. The molecule has 190 valence electrons. The molecular weight excluding hydrogens is 467 g/mol. The van der Waals surface area contributed by atoms with Gasteiger partial charge in [0.15, 0.2) is 0 Å². The molecule has 0 spiro atoms. The van der Waals surface area contributed by atoms with E-state index in [1.54, 1.807) is 30.7 Å². The summed E-state index contributed by atoms with van der Waals surface area (Å²) in [5, 5.41) is 4.10. The molecule has 37 heavy (non-hydrogen) atoms. The first-order valence-corrected chi connectivity index (χ1v) is 12.8. The van der Waals surface area contributed by atoms with Crippen LogP contribution in [0.3, 0.4) is 0 Å². The van der Waals surface area contributed by atoms with E-state index in [1.165, 1.54) is 23.5 Å². The van der Waals surface area contributed by atoms with Gasteiger partial charge < -0.3 is 10.3 Å². The maximum Gasteiger partial charge on any atom is 0.248 e. The normalized spacial score (nSPS) is 14.9. The lowest BCUT2D eigenvalue weighted by Gasteiger charge is -2.34. The lowest BCUT2D eigenvalue weighted by atomic mass is 9.93. The summed E-state index contributed by atoms with van der Waals surface area (Å²) in [7, 11) is 0. The van der Waals surface area contributed by atoms with Crippen LogP contribution in [0, 0.1) is 12.7 Å². The summed E-state index contributed by atoms with van der Waals surface area (Å²) in [5.41, 5.74) is 3.57. The van der Waals surface area contributed by atoms with Gasteiger partial charge in [0, 0.05) is 29.5 Å². The van der Waals surface area contributed by atoms with Crippen molar-refractivity contribution in [3.8, 4) is 0 Å². The first kappa shape index (κ1) is 24.7. The molecule has 1 fully saturated rings. The molecule has 4 aromatic rings. The van der Waals surface area contributed by atoms with Crippen molar-refractivity contribution in [3.05, 3.63) is 95.7 Å². The van der Waals surface area contributed by atoms with Crippen molar-refractivity contribution >= 4 is 28.4 Å². The zero-order valence-electron chi connectivity index (χ0n) is 20.9. The number of hydrogen-bond acceptors (Lipinski definition) is 3. The molecule has 1 saturated carbocycles. The van der Waals surface area contributed by atoms with Crippen molar-refractivity contribution in [1.29, 1.82) is 0 Å². The fourth-order valence-electron chi connectivity index (χ4n) is 5.31. The molecule has 1 atom stereocenters. The average Bonchev–Trinajstić information content (AvgIpc) is 3.31. The SMILES string of the molecule is Cc1ccccc1C(C(=O)NC1CCCCC1)N(C(=O)Cc1c[nH]c2cnccc12)c1cccc(F)c1. The van der Waals surface area contributed by atoms with Gasteiger partial charge in [-0.3, -0.25) is 19.5 Å². The number of aromatic amines is 1. The van der Waals surface area contributed by atoms with Crippen LogP contribution in [0.2, 0.25) is 0 Å². The second-order valence-electron chi connectivity index (χ2n) is 9.76. The Bertz CT molecular complexity index is 1410. The standard InChI is InChI=1S/C30H31FN4O2/c1-20-8-5-6-13-25(20)29(30(37)34-23-10-3-2-4-11-23)35(24-12-7-9-22(31)17-24)28(36)16-21-18-33-27-19-32-15-14-26(21)27/h5-9,12-15,17-19,23,29,33H,2-4,10-11,16H2,1H3,(H,34,37). The number of pyridine rings is 1. The Labute approximate surface area is 215 Å². The molecule has 1 aliphatic rings. The zero-order valence-corrected chi connectivity index (χ0v) is 20.9. The van der Waals surface area contributed by atoms with Gasteiger partial charge in [-0.15, -0.1) is 0 Å². The number of nitrogens with zero attached hydrogens (tertiary/aromatic N) is 2. The number of H-pyrrole nitrogens is 1. The van der Waals surface area contributed by atoms with E-state index in [4.69, 9.17) is 0 Å². The number of aryl methyl sites for hydroxylation is 1. The van der Waals surface area contributed by atoms with Crippen LogP contribution in [0.25, 0.3) is 10.9 Å². The van der Waals surface area contributed by atoms with Crippen molar-refractivity contribution in [1.82, 2.24) is 15.3 Å². The maximum atomic E-state index is 14.4. The van der Waals surface area contributed by atoms with E-state index in [1.807, 2.05) is 37.3 Å². The molecule has 2 heterocycles. The molecule has 6 nitrogen and oxygen atoms in total. The van der Waals surface area contributed by atoms with Gasteiger partial charge in [0.05, 0.1) is 18.1 Å². The molecule has 7 heteroatoms. The second kappa shape index (κ2) is 10.9. The highest BCUT2D eigenvalue weighted by molar-refractivity contribution is 6.03. The monoisotopic (exact) mass is 498 g/mol. The quantitative estimate of drug-likeness (QED) is 0.339. The van der Waals surface area contributed by atoms with Gasteiger partial charge in [-0.2, -0.15) is 0 Å². The van der Waals surface area contributed by atoms with Crippen LogP contribution in [0.1, 0.15) is 54.8 Å². The lowest BCUT2D eigenvalue weighted by Crippen LogP contribution is -2.48. The van der Waals surface area contributed by atoms with Crippen LogP contribution in [0.15, 0.2) is 73.2 Å². The second-order valence-corrected chi connectivity index (χ2v) is 9.76. The lowest BCUT2D eigenvalue weighted by molar-refractivity contribution is -0.127. The number of fused-ring (bicyclic) bond motifs is 1. The van der Waals surface area contributed by atoms with Gasteiger partial charge in [-0.25, -0.2) is 4.39 Å². The molecular formula is C30H31FN4O2. The van der Waals surface area contributed by atoms with E-state index < -0.39 is 11.9 Å². The smallest absolute Gasteiger partial charge is 0.248 e. The minimum Gasteiger partial charge on any atom is -0.360 e. The van der Waals surface area contributed by atoms with Gasteiger partial charge in [0.1, 0.15) is 11.9 Å². The number of carbonyl (C=O) groups excluding carboxylic acids is 2. The topological polar surface area (TPSA) is 78.1 Å². The summed E-state index contributed by atoms with van der Waals surface area (Å²) >= 11 is 0. The number of aromatic nitrogens is 2. The fourth-order valence-corrected chi connectivity index (χ4v) is 5.31. The Morgan fingerprint density at radius 2 is 1.92 bits per heavy atom. The maximum absolute atomic E-state index is 14.4. The molecule has 2 aromatic heterocycles. The van der Waals surface area contributed by atoms with E-state index >= 15 is 0 Å². The van der Waals surface area contributed by atoms with Gasteiger partial charge >= 0.3 is 0 Å². The third-order valence-corrected chi connectivity index (χ3v) is 7.21. The molecule has 0 radical (unpaired) electrons. The number of rotatable bonds is 7. The Morgan fingerprint density at radius 3 is 2.70 bits per heavy atom. The van der Waals surface area contributed by atoms with Crippen LogP contribution in [0.5, 0.6) is 0 Å². The number of carbonyl (C=O) groups is 2. The Morgan fingerprint density at radius 1 is 1.11 bits per heavy atom. The largest absolute Gasteiger partial charge is 0.360 e. The molecule has 2 amide bonds. The van der Waals surface area contributed by atoms with Crippen molar-refractivity contribution in [3.63, 3.8) is 0 Å². The van der Waals surface area contributed by atoms with Crippen molar-refractivity contribution in [2.24, 2.45) is 0 Å². The van der Waals surface area contributed by atoms with E-state index in [2.05, 4.69) is 15.3 Å². The molecule has 2 N–H and O–H groups in total. The van der Waals surface area contributed by atoms with Crippen LogP contribution in [-0.4, -0.2) is 27.8 Å². The highest BCUT2D eigenvalue weighted by atomic mass is 19.1. The van der Waals surface area contributed by atoms with Gasteiger partial charge in [-0.1, -0.05) is 49.6 Å². The summed E-state index contributed by atoms with van der Waals surface area (Å²) in [6.07, 6.45) is 10.4. The minimum atomic E-state index is -0.940. The van der Waals surface area contributed by atoms with Crippen LogP contribution >= 0.6 is 0 Å². The van der Waals surface area contributed by atoms with Crippen molar-refractivity contribution < 1.29 is 14.0 Å². The molecule has 1 aliphatic carbocycles. The number of nitrogens with one attached hydrogen (secondary N) is 2. The summed E-state index contributed by atoms with van der Waals surface area (Å²) < 4.78 is 14.4. The average molecular weight is 499 g/mol. The number of benzene rings is 2. The van der Waals surface area contributed by atoms with Crippen molar-refractivity contribution in [2.45, 2.75) is 57.5 Å². The van der Waals surface area contributed by atoms with Crippen LogP contribution in [-0.2, 0) is 16.0 Å². The fraction of sp³-hybridized carbons (Fsp3) is 0.300. The summed E-state index contributed by atoms with van der Waals surface area (Å²) in [5.74, 6) is -1.01. The molecule has 0 aliphatic heterocycles. The third-order valence-electron chi connectivity index (χ3n) is 7.21. The molecule has 0 bridgehead atoms. The number of anilines is 1. The predicted octanol–water partition coefficient (Wildman–Crippen LogP) is 5.78. The van der Waals surface area contributed by atoms with Gasteiger partial charge in [0.2, 0.25) is 11.8 Å². The molecule has 2 aromatic carbocycles. The highest BCUT2D eigenvalue weighted by Gasteiger charge is 2.35. The number of hydrogen-bond donors (Lipinski definition) is 2. The Hall–Kier alpha value is -4.00. The van der Waals surface area contributed by atoms with E-state index in [0.29, 0.717) is 5.69 Å². The Balaban J connectivity index is 1.57. The molecule has 0 saturated heterocycles. The highest BCUT2D eigenvalue weighted by Crippen LogP contribution is 2.32. The molecule has 5 rings (SSSR count). The summed E-state index contributed by atoms with van der Waals surface area (Å²) in [4.78, 5) is 36.8. The van der Waals surface area contributed by atoms with Crippen LogP contribution in [0.4, 0.5) is 10.1 Å². The number of halogens is 1. The van der Waals surface area contributed by atoms with E-state index in [0.717, 1.165) is 53.3 Å². The predicted molar refractivity (Wildman–Crippen MR) is 143 cm³/mol. The molecule has 1 unspecified atom stereocenters. The third kappa shape index (κ3) is 5.40. The van der Waals surface area contributed by atoms with Gasteiger partial charge in [-0.05, 0) is 60.7 Å². The summed E-state index contributed by atoms with van der Waals surface area (Å²) in [6, 6.07) is 14.5. The van der Waals surface area contributed by atoms with Crippen molar-refractivity contribution in [2.75, 3.05) is 4.90 Å². The van der Waals surface area contributed by atoms with E-state index in [-0.39, 0.29) is 24.3 Å². The van der Waals surface area contributed by atoms with Crippen LogP contribution < -0.4 is 10.2 Å². The summed E-state index contributed by atoms with van der Waals surface area (Å²) in [6.45, 7) is 1.93. The Kier molecular flexibility index (Phi) is 7.30. The number of amides is 2. The minimum absolute atomic E-state index is 0.0413. The first-order valence-electron chi connectivity index (χ1n) is 12.8. The van der Waals surface area contributed by atoms with Gasteiger partial charge in [0.25, 0.3) is 0 Å². The van der Waals surface area contributed by atoms with E-state index in [9.17, 15) is 14.0 Å².